The van der Waals surface area contributed by atoms with Gasteiger partial charge in [-0.15, -0.1) is 10.2 Å². The first-order valence-corrected chi connectivity index (χ1v) is 15.1. The molecule has 206 valence electrons. The van der Waals surface area contributed by atoms with Crippen LogP contribution in [0.2, 0.25) is 0 Å². The molecule has 11 heteroatoms. The molecule has 2 aromatic carbocycles. The van der Waals surface area contributed by atoms with Crippen molar-refractivity contribution in [3.05, 3.63) is 54.1 Å². The van der Waals surface area contributed by atoms with Crippen molar-refractivity contribution in [2.24, 2.45) is 0 Å². The van der Waals surface area contributed by atoms with Gasteiger partial charge in [0.15, 0.2) is 11.0 Å². The number of hydrogen-bond donors (Lipinski definition) is 1. The Bertz CT molecular complexity index is 1320. The van der Waals surface area contributed by atoms with E-state index in [9.17, 15) is 13.2 Å². The highest BCUT2D eigenvalue weighted by Gasteiger charge is 2.26. The number of aromatic nitrogens is 3. The Morgan fingerprint density at radius 1 is 1.08 bits per heavy atom. The Morgan fingerprint density at radius 2 is 1.76 bits per heavy atom. The number of amides is 1. The van der Waals surface area contributed by atoms with Crippen LogP contribution in [0.25, 0.3) is 11.4 Å². The van der Waals surface area contributed by atoms with Gasteiger partial charge in [0.2, 0.25) is 15.9 Å². The third-order valence-electron chi connectivity index (χ3n) is 6.23. The number of ether oxygens (including phenoxy) is 1. The molecule has 9 nitrogen and oxygen atoms in total. The van der Waals surface area contributed by atoms with Crippen molar-refractivity contribution >= 4 is 33.4 Å². The van der Waals surface area contributed by atoms with Gasteiger partial charge in [-0.2, -0.15) is 4.31 Å². The number of benzene rings is 2. The molecule has 0 saturated carbocycles. The van der Waals surface area contributed by atoms with Gasteiger partial charge in [0, 0.05) is 31.5 Å². The lowest BCUT2D eigenvalue weighted by Gasteiger charge is -2.20. The summed E-state index contributed by atoms with van der Waals surface area (Å²) in [6.07, 6.45) is 0.933. The molecular weight excluding hydrogens is 522 g/mol. The number of hydrogen-bond acceptors (Lipinski definition) is 7. The van der Waals surface area contributed by atoms with Gasteiger partial charge in [-0.05, 0) is 50.1 Å². The third kappa shape index (κ3) is 6.82. The fraction of sp³-hybridized carbons (Fsp3) is 0.444. The molecule has 38 heavy (non-hydrogen) atoms. The SMILES string of the molecule is CCc1ccc(NC(=O)[C@H](C)Sc2nnc(-c3cccc(S(=O)(=O)N(CC)CC)c3)n2[C@@H](C)COC)cc1. The minimum atomic E-state index is -3.64. The van der Waals surface area contributed by atoms with E-state index in [4.69, 9.17) is 4.74 Å². The summed E-state index contributed by atoms with van der Waals surface area (Å²) >= 11 is 1.29. The zero-order chi connectivity index (χ0) is 27.9. The molecule has 1 N–H and O–H groups in total. The van der Waals surface area contributed by atoms with Crippen molar-refractivity contribution in [3.8, 4) is 11.4 Å². The van der Waals surface area contributed by atoms with Gasteiger partial charge < -0.3 is 10.1 Å². The van der Waals surface area contributed by atoms with Crippen LogP contribution in [0.3, 0.4) is 0 Å². The smallest absolute Gasteiger partial charge is 0.243 e. The van der Waals surface area contributed by atoms with Gasteiger partial charge in [0.1, 0.15) is 0 Å². The fourth-order valence-electron chi connectivity index (χ4n) is 4.05. The van der Waals surface area contributed by atoms with E-state index in [1.165, 1.54) is 21.6 Å². The first kappa shape index (κ1) is 29.8. The molecule has 1 heterocycles. The van der Waals surface area contributed by atoms with Crippen LogP contribution >= 0.6 is 11.8 Å². The number of nitrogens with zero attached hydrogens (tertiary/aromatic N) is 4. The maximum Gasteiger partial charge on any atom is 0.243 e. The van der Waals surface area contributed by atoms with Gasteiger partial charge in [-0.1, -0.05) is 56.8 Å². The van der Waals surface area contributed by atoms with Gasteiger partial charge in [0.25, 0.3) is 0 Å². The minimum Gasteiger partial charge on any atom is -0.383 e. The van der Waals surface area contributed by atoms with Crippen LogP contribution in [0, 0.1) is 0 Å². The average Bonchev–Trinajstić information content (AvgIpc) is 3.33. The summed E-state index contributed by atoms with van der Waals surface area (Å²) in [6.45, 7) is 10.7. The number of nitrogens with one attached hydrogen (secondary N) is 1. The van der Waals surface area contributed by atoms with E-state index < -0.39 is 15.3 Å². The number of carbonyl (C=O) groups excluding carboxylic acids is 1. The Balaban J connectivity index is 1.91. The van der Waals surface area contributed by atoms with Crippen molar-refractivity contribution < 1.29 is 17.9 Å². The van der Waals surface area contributed by atoms with Crippen molar-refractivity contribution in [2.45, 2.75) is 62.4 Å². The summed E-state index contributed by atoms with van der Waals surface area (Å²) < 4.78 is 35.0. The standard InChI is InChI=1S/C27H37N5O4S2/c1-7-21-13-15-23(16-14-21)28-26(33)20(5)37-27-30-29-25(32(27)19(4)18-36-6)22-11-10-12-24(17-22)38(34,35)31(8-2)9-3/h10-17,19-20H,7-9,18H2,1-6H3,(H,28,33)/t19-,20-/m0/s1. The van der Waals surface area contributed by atoms with Crippen LogP contribution in [0.1, 0.15) is 46.2 Å². The summed E-state index contributed by atoms with van der Waals surface area (Å²) in [5.41, 5.74) is 2.56. The zero-order valence-corrected chi connectivity index (χ0v) is 24.5. The Kier molecular flexibility index (Phi) is 10.5. The molecular formula is C27H37N5O4S2. The van der Waals surface area contributed by atoms with E-state index in [0.717, 1.165) is 12.1 Å². The largest absolute Gasteiger partial charge is 0.383 e. The van der Waals surface area contributed by atoms with Crippen LogP contribution in [0.4, 0.5) is 5.69 Å². The van der Waals surface area contributed by atoms with Crippen LogP contribution < -0.4 is 5.32 Å². The Hall–Kier alpha value is -2.73. The van der Waals surface area contributed by atoms with E-state index in [2.05, 4.69) is 22.4 Å². The maximum atomic E-state index is 13.1. The molecule has 0 bridgehead atoms. The van der Waals surface area contributed by atoms with Gasteiger partial charge in [-0.25, -0.2) is 8.42 Å². The quantitative estimate of drug-likeness (QED) is 0.298. The monoisotopic (exact) mass is 559 g/mol. The number of thioether (sulfide) groups is 1. The number of methoxy groups -OCH3 is 1. The first-order valence-electron chi connectivity index (χ1n) is 12.8. The fourth-order valence-corrected chi connectivity index (χ4v) is 6.51. The summed E-state index contributed by atoms with van der Waals surface area (Å²) in [5, 5.41) is 11.8. The molecule has 1 amide bonds. The second kappa shape index (κ2) is 13.4. The highest BCUT2D eigenvalue weighted by Crippen LogP contribution is 2.32. The lowest BCUT2D eigenvalue weighted by Crippen LogP contribution is -2.30. The molecule has 0 spiro atoms. The average molecular weight is 560 g/mol. The molecule has 0 saturated heterocycles. The van der Waals surface area contributed by atoms with Gasteiger partial charge >= 0.3 is 0 Å². The molecule has 0 fully saturated rings. The van der Waals surface area contributed by atoms with Crippen LogP contribution in [0.15, 0.2) is 58.6 Å². The normalized spacial score (nSPS) is 13.4. The van der Waals surface area contributed by atoms with Crippen LogP contribution in [0.5, 0.6) is 0 Å². The maximum absolute atomic E-state index is 13.1. The summed E-state index contributed by atoms with van der Waals surface area (Å²) in [6, 6.07) is 14.4. The number of carbonyl (C=O) groups is 1. The topological polar surface area (TPSA) is 106 Å². The molecule has 1 aromatic heterocycles. The van der Waals surface area contributed by atoms with Crippen molar-refractivity contribution in [2.75, 3.05) is 32.1 Å². The van der Waals surface area contributed by atoms with Gasteiger partial charge in [-0.3, -0.25) is 9.36 Å². The summed E-state index contributed by atoms with van der Waals surface area (Å²) in [4.78, 5) is 13.1. The molecule has 3 aromatic rings. The number of sulfonamides is 1. The van der Waals surface area contributed by atoms with Crippen molar-refractivity contribution in [3.63, 3.8) is 0 Å². The van der Waals surface area contributed by atoms with Crippen molar-refractivity contribution in [1.29, 1.82) is 0 Å². The minimum absolute atomic E-state index is 0.151. The van der Waals surface area contributed by atoms with E-state index >= 15 is 0 Å². The van der Waals surface area contributed by atoms with Crippen molar-refractivity contribution in [1.82, 2.24) is 19.1 Å². The molecule has 2 atom stereocenters. The van der Waals surface area contributed by atoms with E-state index in [1.807, 2.05) is 62.6 Å². The second-order valence-electron chi connectivity index (χ2n) is 8.90. The highest BCUT2D eigenvalue weighted by molar-refractivity contribution is 8.00. The molecule has 0 unspecified atom stereocenters. The number of aryl methyl sites for hydroxylation is 1. The lowest BCUT2D eigenvalue weighted by molar-refractivity contribution is -0.115. The van der Waals surface area contributed by atoms with Crippen LogP contribution in [-0.2, 0) is 26.0 Å². The molecule has 0 aliphatic carbocycles. The predicted molar refractivity (Wildman–Crippen MR) is 152 cm³/mol. The van der Waals surface area contributed by atoms with Gasteiger partial charge in [0.05, 0.1) is 22.8 Å². The lowest BCUT2D eigenvalue weighted by atomic mass is 10.1. The predicted octanol–water partition coefficient (Wildman–Crippen LogP) is 4.86. The summed E-state index contributed by atoms with van der Waals surface area (Å²) in [7, 11) is -2.02. The summed E-state index contributed by atoms with van der Waals surface area (Å²) in [5.74, 6) is 0.360. The van der Waals surface area contributed by atoms with Crippen LogP contribution in [-0.4, -0.2) is 65.5 Å². The molecule has 0 aliphatic heterocycles. The van der Waals surface area contributed by atoms with E-state index in [0.29, 0.717) is 36.2 Å². The molecule has 3 rings (SSSR count). The number of rotatable bonds is 13. The Labute approximate surface area is 230 Å². The number of anilines is 1. The van der Waals surface area contributed by atoms with E-state index in [1.54, 1.807) is 25.3 Å². The highest BCUT2D eigenvalue weighted by atomic mass is 32.2. The first-order chi connectivity index (χ1) is 18.2. The van der Waals surface area contributed by atoms with E-state index in [-0.39, 0.29) is 16.8 Å². The zero-order valence-electron chi connectivity index (χ0n) is 22.8. The second-order valence-corrected chi connectivity index (χ2v) is 12.1. The third-order valence-corrected chi connectivity index (χ3v) is 9.33. The molecule has 0 radical (unpaired) electrons. The Morgan fingerprint density at radius 3 is 2.37 bits per heavy atom. The molecule has 0 aliphatic rings.